The number of aromatic nitrogens is 2. The standard InChI is InChI=1S/C14H16IN3/c1-2-16-14(12-7-8-17-18-10-12)9-11-3-5-13(15)6-4-11/h3-8,10,14,16H,2,9H2,1H3. The molecule has 0 saturated heterocycles. The van der Waals surface area contributed by atoms with E-state index in [0.29, 0.717) is 6.04 Å². The van der Waals surface area contributed by atoms with Crippen molar-refractivity contribution >= 4 is 22.6 Å². The first-order chi connectivity index (χ1) is 8.79. The average molecular weight is 353 g/mol. The molecule has 18 heavy (non-hydrogen) atoms. The van der Waals surface area contributed by atoms with E-state index in [2.05, 4.69) is 69.3 Å². The summed E-state index contributed by atoms with van der Waals surface area (Å²) in [5, 5.41) is 11.3. The Morgan fingerprint density at radius 3 is 2.56 bits per heavy atom. The molecule has 1 N–H and O–H groups in total. The van der Waals surface area contributed by atoms with Crippen LogP contribution in [-0.4, -0.2) is 16.7 Å². The molecular weight excluding hydrogens is 337 g/mol. The van der Waals surface area contributed by atoms with E-state index < -0.39 is 0 Å². The molecule has 0 aliphatic carbocycles. The predicted molar refractivity (Wildman–Crippen MR) is 81.3 cm³/mol. The molecule has 0 bridgehead atoms. The molecule has 1 heterocycles. The van der Waals surface area contributed by atoms with Crippen molar-refractivity contribution in [3.8, 4) is 0 Å². The predicted octanol–water partition coefficient (Wildman–Crippen LogP) is 2.97. The highest BCUT2D eigenvalue weighted by Crippen LogP contribution is 2.18. The number of rotatable bonds is 5. The molecule has 0 aliphatic heterocycles. The third kappa shape index (κ3) is 3.74. The van der Waals surface area contributed by atoms with Crippen LogP contribution < -0.4 is 5.32 Å². The molecular formula is C14H16IN3. The van der Waals surface area contributed by atoms with Gasteiger partial charge >= 0.3 is 0 Å². The van der Waals surface area contributed by atoms with Gasteiger partial charge in [-0.2, -0.15) is 10.2 Å². The second kappa shape index (κ2) is 6.80. The Hall–Kier alpha value is -1.01. The van der Waals surface area contributed by atoms with E-state index >= 15 is 0 Å². The molecule has 1 unspecified atom stereocenters. The lowest BCUT2D eigenvalue weighted by Gasteiger charge is -2.17. The van der Waals surface area contributed by atoms with E-state index in [-0.39, 0.29) is 0 Å². The summed E-state index contributed by atoms with van der Waals surface area (Å²) in [4.78, 5) is 0. The van der Waals surface area contributed by atoms with Gasteiger partial charge in [0.05, 0.1) is 6.20 Å². The molecule has 94 valence electrons. The molecule has 0 spiro atoms. The van der Waals surface area contributed by atoms with Gasteiger partial charge in [-0.05, 0) is 64.9 Å². The normalized spacial score (nSPS) is 12.3. The zero-order valence-corrected chi connectivity index (χ0v) is 12.5. The number of likely N-dealkylation sites (N-methyl/N-ethyl adjacent to an activating group) is 1. The van der Waals surface area contributed by atoms with Gasteiger partial charge < -0.3 is 5.32 Å². The lowest BCUT2D eigenvalue weighted by molar-refractivity contribution is 0.546. The molecule has 0 aliphatic rings. The van der Waals surface area contributed by atoms with Gasteiger partial charge in [0.15, 0.2) is 0 Å². The van der Waals surface area contributed by atoms with Crippen LogP contribution in [0.1, 0.15) is 24.1 Å². The van der Waals surface area contributed by atoms with Gasteiger partial charge in [-0.15, -0.1) is 0 Å². The lowest BCUT2D eigenvalue weighted by Crippen LogP contribution is -2.23. The monoisotopic (exact) mass is 353 g/mol. The van der Waals surface area contributed by atoms with Crippen molar-refractivity contribution in [3.63, 3.8) is 0 Å². The molecule has 1 aromatic heterocycles. The molecule has 0 amide bonds. The molecule has 0 fully saturated rings. The topological polar surface area (TPSA) is 37.8 Å². The van der Waals surface area contributed by atoms with Crippen LogP contribution in [0, 0.1) is 3.57 Å². The fourth-order valence-electron chi connectivity index (χ4n) is 1.92. The van der Waals surface area contributed by atoms with E-state index in [1.54, 1.807) is 6.20 Å². The minimum absolute atomic E-state index is 0.297. The molecule has 0 radical (unpaired) electrons. The van der Waals surface area contributed by atoms with Gasteiger partial charge in [-0.1, -0.05) is 19.1 Å². The first-order valence-electron chi connectivity index (χ1n) is 6.04. The van der Waals surface area contributed by atoms with Crippen LogP contribution in [-0.2, 0) is 6.42 Å². The van der Waals surface area contributed by atoms with E-state index in [4.69, 9.17) is 0 Å². The van der Waals surface area contributed by atoms with E-state index in [0.717, 1.165) is 13.0 Å². The summed E-state index contributed by atoms with van der Waals surface area (Å²) in [5.74, 6) is 0. The SMILES string of the molecule is CCNC(Cc1ccc(I)cc1)c1ccnnc1. The third-order valence-corrected chi connectivity index (χ3v) is 3.53. The molecule has 4 heteroatoms. The fraction of sp³-hybridized carbons (Fsp3) is 0.286. The van der Waals surface area contributed by atoms with E-state index in [1.165, 1.54) is 14.7 Å². The van der Waals surface area contributed by atoms with E-state index in [9.17, 15) is 0 Å². The van der Waals surface area contributed by atoms with Crippen molar-refractivity contribution in [2.45, 2.75) is 19.4 Å². The van der Waals surface area contributed by atoms with Gasteiger partial charge in [0.25, 0.3) is 0 Å². The first kappa shape index (κ1) is 13.4. The highest BCUT2D eigenvalue weighted by Gasteiger charge is 2.11. The molecule has 1 aromatic carbocycles. The van der Waals surface area contributed by atoms with Crippen LogP contribution in [0.2, 0.25) is 0 Å². The smallest absolute Gasteiger partial charge is 0.0544 e. The Bertz CT molecular complexity index is 470. The van der Waals surface area contributed by atoms with Crippen LogP contribution in [0.15, 0.2) is 42.7 Å². The van der Waals surface area contributed by atoms with Crippen molar-refractivity contribution in [3.05, 3.63) is 57.4 Å². The van der Waals surface area contributed by atoms with Gasteiger partial charge in [-0.25, -0.2) is 0 Å². The second-order valence-corrected chi connectivity index (χ2v) is 5.36. The Labute approximate surface area is 121 Å². The largest absolute Gasteiger partial charge is 0.310 e. The Kier molecular flexibility index (Phi) is 5.07. The van der Waals surface area contributed by atoms with Gasteiger partial charge in [0, 0.05) is 15.8 Å². The van der Waals surface area contributed by atoms with Crippen LogP contribution in [0.3, 0.4) is 0 Å². The second-order valence-electron chi connectivity index (χ2n) is 4.12. The fourth-order valence-corrected chi connectivity index (χ4v) is 2.28. The molecule has 2 aromatic rings. The van der Waals surface area contributed by atoms with Crippen LogP contribution in [0.5, 0.6) is 0 Å². The average Bonchev–Trinajstić information content (AvgIpc) is 2.42. The maximum atomic E-state index is 3.95. The zero-order chi connectivity index (χ0) is 12.8. The van der Waals surface area contributed by atoms with Crippen molar-refractivity contribution in [1.82, 2.24) is 15.5 Å². The number of halogens is 1. The summed E-state index contributed by atoms with van der Waals surface area (Å²) in [5.41, 5.74) is 2.52. The maximum Gasteiger partial charge on any atom is 0.0544 e. The summed E-state index contributed by atoms with van der Waals surface area (Å²) < 4.78 is 1.27. The first-order valence-corrected chi connectivity index (χ1v) is 7.12. The summed E-state index contributed by atoms with van der Waals surface area (Å²) in [6.07, 6.45) is 4.55. The molecule has 1 atom stereocenters. The van der Waals surface area contributed by atoms with Crippen LogP contribution in [0.4, 0.5) is 0 Å². The number of benzene rings is 1. The highest BCUT2D eigenvalue weighted by molar-refractivity contribution is 14.1. The number of nitrogens with zero attached hydrogens (tertiary/aromatic N) is 2. The van der Waals surface area contributed by atoms with Gasteiger partial charge in [0.1, 0.15) is 0 Å². The van der Waals surface area contributed by atoms with Crippen molar-refractivity contribution in [2.24, 2.45) is 0 Å². The minimum atomic E-state index is 0.297. The quantitative estimate of drug-likeness (QED) is 0.840. The number of nitrogens with one attached hydrogen (secondary N) is 1. The van der Waals surface area contributed by atoms with Crippen LogP contribution in [0.25, 0.3) is 0 Å². The van der Waals surface area contributed by atoms with Crippen molar-refractivity contribution < 1.29 is 0 Å². The summed E-state index contributed by atoms with van der Waals surface area (Å²) >= 11 is 2.32. The summed E-state index contributed by atoms with van der Waals surface area (Å²) in [7, 11) is 0. The number of hydrogen-bond acceptors (Lipinski definition) is 3. The third-order valence-electron chi connectivity index (χ3n) is 2.81. The molecule has 2 rings (SSSR count). The van der Waals surface area contributed by atoms with Crippen molar-refractivity contribution in [1.29, 1.82) is 0 Å². The summed E-state index contributed by atoms with van der Waals surface area (Å²) in [6.45, 7) is 3.06. The minimum Gasteiger partial charge on any atom is -0.310 e. The highest BCUT2D eigenvalue weighted by atomic mass is 127. The lowest BCUT2D eigenvalue weighted by atomic mass is 10.0. The summed E-state index contributed by atoms with van der Waals surface area (Å²) in [6, 6.07) is 11.0. The Morgan fingerprint density at radius 1 is 1.17 bits per heavy atom. The molecule has 0 saturated carbocycles. The van der Waals surface area contributed by atoms with E-state index in [1.807, 2.05) is 12.3 Å². The van der Waals surface area contributed by atoms with Gasteiger partial charge in [-0.3, -0.25) is 0 Å². The molecule has 3 nitrogen and oxygen atoms in total. The maximum absolute atomic E-state index is 3.95. The zero-order valence-electron chi connectivity index (χ0n) is 10.3. The van der Waals surface area contributed by atoms with Crippen LogP contribution >= 0.6 is 22.6 Å². The Morgan fingerprint density at radius 2 is 1.94 bits per heavy atom. The van der Waals surface area contributed by atoms with Crippen molar-refractivity contribution in [2.75, 3.05) is 6.54 Å². The number of hydrogen-bond donors (Lipinski definition) is 1. The Balaban J connectivity index is 2.14. The van der Waals surface area contributed by atoms with Gasteiger partial charge in [0.2, 0.25) is 0 Å².